The average Bonchev–Trinajstić information content (AvgIpc) is 2.82. The van der Waals surface area contributed by atoms with Crippen LogP contribution < -0.4 is 5.56 Å². The number of nitrogens with one attached hydrogen (secondary N) is 2. The number of benzene rings is 1. The summed E-state index contributed by atoms with van der Waals surface area (Å²) in [5.74, 6) is 0. The van der Waals surface area contributed by atoms with Gasteiger partial charge in [0.05, 0.1) is 0 Å². The summed E-state index contributed by atoms with van der Waals surface area (Å²) in [5, 5.41) is 0.646. The molecule has 2 aromatic heterocycles. The molecule has 0 aliphatic carbocycles. The number of hydrogen-bond donors (Lipinski definition) is 2. The van der Waals surface area contributed by atoms with Crippen molar-refractivity contribution in [3.63, 3.8) is 0 Å². The molecular weight excluding hydrogens is 270 g/mol. The molecule has 5 heteroatoms. The highest BCUT2D eigenvalue weighted by Crippen LogP contribution is 2.19. The quantitative estimate of drug-likeness (QED) is 0.574. The topological polar surface area (TPSA) is 61.5 Å². The summed E-state index contributed by atoms with van der Waals surface area (Å²) in [5.41, 5.74) is 4.70. The SMILES string of the molecule is CSc1nc2c(Cc3cccc(C)c3)c[nH]c2c(=O)[nH]1. The van der Waals surface area contributed by atoms with Gasteiger partial charge in [-0.25, -0.2) is 4.98 Å². The predicted octanol–water partition coefficient (Wildman–Crippen LogP) is 2.87. The normalized spacial score (nSPS) is 11.1. The fourth-order valence-electron chi connectivity index (χ4n) is 2.32. The number of aromatic amines is 2. The third-order valence-electron chi connectivity index (χ3n) is 3.26. The lowest BCUT2D eigenvalue weighted by Gasteiger charge is -2.02. The molecule has 102 valence electrons. The van der Waals surface area contributed by atoms with Gasteiger partial charge in [-0.05, 0) is 18.7 Å². The Balaban J connectivity index is 2.08. The lowest BCUT2D eigenvalue weighted by atomic mass is 10.0. The van der Waals surface area contributed by atoms with Gasteiger partial charge in [0.25, 0.3) is 5.56 Å². The second-order valence-electron chi connectivity index (χ2n) is 4.78. The van der Waals surface area contributed by atoms with Crippen LogP contribution in [0.15, 0.2) is 40.4 Å². The molecule has 0 unspecified atom stereocenters. The van der Waals surface area contributed by atoms with Crippen molar-refractivity contribution in [1.82, 2.24) is 15.0 Å². The van der Waals surface area contributed by atoms with Crippen LogP contribution in [0.3, 0.4) is 0 Å². The highest BCUT2D eigenvalue weighted by molar-refractivity contribution is 7.98. The maximum atomic E-state index is 11.9. The average molecular weight is 285 g/mol. The molecule has 3 rings (SSSR count). The zero-order chi connectivity index (χ0) is 14.1. The van der Waals surface area contributed by atoms with E-state index in [-0.39, 0.29) is 5.56 Å². The van der Waals surface area contributed by atoms with Crippen molar-refractivity contribution in [2.75, 3.05) is 6.26 Å². The van der Waals surface area contributed by atoms with Gasteiger partial charge in [-0.15, -0.1) is 0 Å². The molecule has 0 fully saturated rings. The van der Waals surface area contributed by atoms with Crippen molar-refractivity contribution in [1.29, 1.82) is 0 Å². The second kappa shape index (κ2) is 5.17. The van der Waals surface area contributed by atoms with E-state index in [2.05, 4.69) is 40.1 Å². The number of H-pyrrole nitrogens is 2. The molecule has 0 aliphatic rings. The molecule has 0 spiro atoms. The van der Waals surface area contributed by atoms with Crippen molar-refractivity contribution >= 4 is 22.8 Å². The third kappa shape index (κ3) is 2.36. The van der Waals surface area contributed by atoms with E-state index in [1.54, 1.807) is 0 Å². The number of aromatic nitrogens is 3. The van der Waals surface area contributed by atoms with E-state index in [4.69, 9.17) is 0 Å². The summed E-state index contributed by atoms with van der Waals surface area (Å²) in [7, 11) is 0. The number of aryl methyl sites for hydroxylation is 1. The lowest BCUT2D eigenvalue weighted by Crippen LogP contribution is -2.08. The van der Waals surface area contributed by atoms with Gasteiger partial charge in [0.2, 0.25) is 0 Å². The lowest BCUT2D eigenvalue weighted by molar-refractivity contribution is 0.972. The monoisotopic (exact) mass is 285 g/mol. The van der Waals surface area contributed by atoms with Gasteiger partial charge in [-0.1, -0.05) is 41.6 Å². The Labute approximate surface area is 120 Å². The first-order valence-corrected chi connectivity index (χ1v) is 7.59. The minimum atomic E-state index is -0.116. The minimum Gasteiger partial charge on any atom is -0.355 e. The van der Waals surface area contributed by atoms with E-state index in [0.29, 0.717) is 10.7 Å². The molecule has 0 aliphatic heterocycles. The zero-order valence-electron chi connectivity index (χ0n) is 11.4. The van der Waals surface area contributed by atoms with Crippen LogP contribution in [0.1, 0.15) is 16.7 Å². The van der Waals surface area contributed by atoms with Gasteiger partial charge in [-0.2, -0.15) is 0 Å². The standard InChI is InChI=1S/C15H15N3OS/c1-9-4-3-5-10(6-9)7-11-8-16-13-12(11)17-15(20-2)18-14(13)19/h3-6,8,16H,7H2,1-2H3,(H,17,18,19). The highest BCUT2D eigenvalue weighted by atomic mass is 32.2. The Morgan fingerprint density at radius 2 is 2.20 bits per heavy atom. The van der Waals surface area contributed by atoms with Gasteiger partial charge in [-0.3, -0.25) is 9.78 Å². The third-order valence-corrected chi connectivity index (χ3v) is 3.84. The first-order valence-electron chi connectivity index (χ1n) is 6.37. The van der Waals surface area contributed by atoms with Gasteiger partial charge in [0.15, 0.2) is 5.16 Å². The molecule has 20 heavy (non-hydrogen) atoms. The van der Waals surface area contributed by atoms with Crippen LogP contribution in [-0.2, 0) is 6.42 Å². The first-order chi connectivity index (χ1) is 9.67. The Kier molecular flexibility index (Phi) is 3.36. The predicted molar refractivity (Wildman–Crippen MR) is 82.5 cm³/mol. The molecule has 2 heterocycles. The van der Waals surface area contributed by atoms with Crippen LogP contribution in [0.5, 0.6) is 0 Å². The van der Waals surface area contributed by atoms with Gasteiger partial charge >= 0.3 is 0 Å². The van der Waals surface area contributed by atoms with Crippen molar-refractivity contribution < 1.29 is 0 Å². The molecule has 4 nitrogen and oxygen atoms in total. The highest BCUT2D eigenvalue weighted by Gasteiger charge is 2.10. The van der Waals surface area contributed by atoms with Gasteiger partial charge in [0.1, 0.15) is 11.0 Å². The summed E-state index contributed by atoms with van der Waals surface area (Å²) < 4.78 is 0. The van der Waals surface area contributed by atoms with Gasteiger partial charge < -0.3 is 4.98 Å². The number of hydrogen-bond acceptors (Lipinski definition) is 3. The number of fused-ring (bicyclic) bond motifs is 1. The summed E-state index contributed by atoms with van der Waals surface area (Å²) in [6, 6.07) is 8.37. The Morgan fingerprint density at radius 3 is 2.95 bits per heavy atom. The minimum absolute atomic E-state index is 0.116. The molecule has 0 radical (unpaired) electrons. The molecule has 0 bridgehead atoms. The maximum Gasteiger partial charge on any atom is 0.275 e. The molecule has 0 saturated carbocycles. The first kappa shape index (κ1) is 13.0. The number of nitrogens with zero attached hydrogens (tertiary/aromatic N) is 1. The van der Waals surface area contributed by atoms with Crippen molar-refractivity contribution in [3.8, 4) is 0 Å². The van der Waals surface area contributed by atoms with Crippen LogP contribution in [-0.4, -0.2) is 21.2 Å². The summed E-state index contributed by atoms with van der Waals surface area (Å²) in [6.45, 7) is 2.08. The Hall–Kier alpha value is -2.01. The molecule has 3 aromatic rings. The number of thioether (sulfide) groups is 1. The summed E-state index contributed by atoms with van der Waals surface area (Å²) >= 11 is 1.44. The smallest absolute Gasteiger partial charge is 0.275 e. The van der Waals surface area contributed by atoms with Crippen molar-refractivity contribution in [2.45, 2.75) is 18.5 Å². The van der Waals surface area contributed by atoms with Gasteiger partial charge in [0, 0.05) is 18.2 Å². The Morgan fingerprint density at radius 1 is 1.35 bits per heavy atom. The second-order valence-corrected chi connectivity index (χ2v) is 5.57. The fourth-order valence-corrected chi connectivity index (χ4v) is 2.70. The number of rotatable bonds is 3. The van der Waals surface area contributed by atoms with E-state index in [0.717, 1.165) is 17.5 Å². The van der Waals surface area contributed by atoms with E-state index < -0.39 is 0 Å². The molecule has 1 aromatic carbocycles. The molecule has 0 saturated heterocycles. The van der Waals surface area contributed by atoms with Crippen LogP contribution in [0.25, 0.3) is 11.0 Å². The molecule has 0 atom stereocenters. The molecular formula is C15H15N3OS. The van der Waals surface area contributed by atoms with Crippen molar-refractivity contribution in [2.24, 2.45) is 0 Å². The van der Waals surface area contributed by atoms with Crippen LogP contribution in [0.2, 0.25) is 0 Å². The maximum absolute atomic E-state index is 11.9. The van der Waals surface area contributed by atoms with E-state index in [1.165, 1.54) is 22.9 Å². The molecule has 0 amide bonds. The van der Waals surface area contributed by atoms with Crippen LogP contribution >= 0.6 is 11.8 Å². The summed E-state index contributed by atoms with van der Waals surface area (Å²) in [4.78, 5) is 22.2. The van der Waals surface area contributed by atoms with Crippen LogP contribution in [0.4, 0.5) is 0 Å². The fraction of sp³-hybridized carbons (Fsp3) is 0.200. The largest absolute Gasteiger partial charge is 0.355 e. The van der Waals surface area contributed by atoms with Crippen molar-refractivity contribution in [3.05, 3.63) is 57.5 Å². The van der Waals surface area contributed by atoms with E-state index in [1.807, 2.05) is 18.5 Å². The summed E-state index contributed by atoms with van der Waals surface area (Å²) in [6.07, 6.45) is 4.54. The zero-order valence-corrected chi connectivity index (χ0v) is 12.2. The van der Waals surface area contributed by atoms with Crippen LogP contribution in [0, 0.1) is 6.92 Å². The van der Waals surface area contributed by atoms with E-state index >= 15 is 0 Å². The Bertz CT molecular complexity index is 819. The molecule has 2 N–H and O–H groups in total. The van der Waals surface area contributed by atoms with E-state index in [9.17, 15) is 4.79 Å².